The Balaban J connectivity index is 1.93. The molecule has 0 aromatic rings. The maximum atomic E-state index is 12.1. The molecule has 1 heterocycles. The first-order chi connectivity index (χ1) is 8.35. The predicted octanol–water partition coefficient (Wildman–Crippen LogP) is 3.21. The molecule has 2 fully saturated rings. The molecular formula is C15H27NOS. The second kappa shape index (κ2) is 5.54. The molecule has 0 radical (unpaired) electrons. The minimum Gasteiger partial charge on any atom is -0.300 e. The Labute approximate surface area is 116 Å². The first-order valence-corrected chi connectivity index (χ1v) is 8.20. The third kappa shape index (κ3) is 3.74. The van der Waals surface area contributed by atoms with Crippen LogP contribution in [-0.2, 0) is 4.79 Å². The van der Waals surface area contributed by atoms with Gasteiger partial charge in [-0.05, 0) is 18.3 Å². The van der Waals surface area contributed by atoms with Crippen molar-refractivity contribution in [1.29, 1.82) is 0 Å². The van der Waals surface area contributed by atoms with Crippen molar-refractivity contribution in [2.24, 2.45) is 11.3 Å². The number of rotatable bonds is 2. The molecule has 2 nitrogen and oxygen atoms in total. The SMILES string of the molecule is CC1CN(CC2CC(C)(C)CCC2=O)CC(C)S1. The quantitative estimate of drug-likeness (QED) is 0.768. The highest BCUT2D eigenvalue weighted by molar-refractivity contribution is 8.00. The Morgan fingerprint density at radius 1 is 1.28 bits per heavy atom. The van der Waals surface area contributed by atoms with E-state index in [0.29, 0.717) is 21.7 Å². The van der Waals surface area contributed by atoms with E-state index < -0.39 is 0 Å². The van der Waals surface area contributed by atoms with Crippen LogP contribution in [0.3, 0.4) is 0 Å². The number of carbonyl (C=O) groups excluding carboxylic acids is 1. The van der Waals surface area contributed by atoms with Gasteiger partial charge in [0.2, 0.25) is 0 Å². The molecule has 0 aromatic carbocycles. The van der Waals surface area contributed by atoms with Crippen molar-refractivity contribution < 1.29 is 4.79 Å². The van der Waals surface area contributed by atoms with Gasteiger partial charge in [0, 0.05) is 42.5 Å². The summed E-state index contributed by atoms with van der Waals surface area (Å²) in [4.78, 5) is 14.6. The first-order valence-electron chi connectivity index (χ1n) is 7.26. The standard InChI is InChI=1S/C15H27NOS/c1-11-8-16(9-12(2)18-11)10-13-7-15(3,4)6-5-14(13)17/h11-13H,5-10H2,1-4H3. The third-order valence-electron chi connectivity index (χ3n) is 4.28. The smallest absolute Gasteiger partial charge is 0.137 e. The van der Waals surface area contributed by atoms with Gasteiger partial charge >= 0.3 is 0 Å². The number of thioether (sulfide) groups is 1. The summed E-state index contributed by atoms with van der Waals surface area (Å²) >= 11 is 2.08. The molecule has 0 spiro atoms. The predicted molar refractivity (Wildman–Crippen MR) is 79.1 cm³/mol. The van der Waals surface area contributed by atoms with E-state index in [1.54, 1.807) is 0 Å². The molecule has 3 atom stereocenters. The Bertz CT molecular complexity index is 306. The lowest BCUT2D eigenvalue weighted by Crippen LogP contribution is -2.45. The maximum absolute atomic E-state index is 12.1. The summed E-state index contributed by atoms with van der Waals surface area (Å²) < 4.78 is 0. The highest BCUT2D eigenvalue weighted by Gasteiger charge is 2.35. The zero-order chi connectivity index (χ0) is 13.3. The molecule has 104 valence electrons. The van der Waals surface area contributed by atoms with Crippen LogP contribution < -0.4 is 0 Å². The van der Waals surface area contributed by atoms with Gasteiger partial charge in [0.1, 0.15) is 5.78 Å². The second-order valence-corrected chi connectivity index (χ2v) is 8.89. The molecule has 1 saturated carbocycles. The molecule has 1 aliphatic carbocycles. The van der Waals surface area contributed by atoms with Gasteiger partial charge in [-0.25, -0.2) is 0 Å². The molecule has 0 bridgehead atoms. The fourth-order valence-corrected chi connectivity index (χ4v) is 4.85. The zero-order valence-electron chi connectivity index (χ0n) is 12.2. The van der Waals surface area contributed by atoms with Gasteiger partial charge in [-0.1, -0.05) is 27.7 Å². The number of nitrogens with zero attached hydrogens (tertiary/aromatic N) is 1. The molecule has 0 amide bonds. The van der Waals surface area contributed by atoms with Gasteiger partial charge in [0.05, 0.1) is 0 Å². The highest BCUT2D eigenvalue weighted by atomic mass is 32.2. The molecule has 1 saturated heterocycles. The van der Waals surface area contributed by atoms with Crippen LogP contribution in [0.2, 0.25) is 0 Å². The van der Waals surface area contributed by atoms with E-state index in [1.807, 2.05) is 0 Å². The topological polar surface area (TPSA) is 20.3 Å². The number of ketones is 1. The van der Waals surface area contributed by atoms with Crippen molar-refractivity contribution in [1.82, 2.24) is 4.90 Å². The van der Waals surface area contributed by atoms with Crippen LogP contribution in [0.4, 0.5) is 0 Å². The van der Waals surface area contributed by atoms with Gasteiger partial charge in [-0.3, -0.25) is 4.79 Å². The van der Waals surface area contributed by atoms with Crippen molar-refractivity contribution in [2.45, 2.75) is 57.5 Å². The Kier molecular flexibility index (Phi) is 4.43. The van der Waals surface area contributed by atoms with E-state index in [2.05, 4.69) is 44.4 Å². The maximum Gasteiger partial charge on any atom is 0.137 e. The lowest BCUT2D eigenvalue weighted by Gasteiger charge is -2.40. The van der Waals surface area contributed by atoms with E-state index in [4.69, 9.17) is 0 Å². The van der Waals surface area contributed by atoms with Crippen LogP contribution >= 0.6 is 11.8 Å². The molecule has 0 aromatic heterocycles. The normalized spacial score (nSPS) is 37.8. The van der Waals surface area contributed by atoms with Gasteiger partial charge in [0.15, 0.2) is 0 Å². The van der Waals surface area contributed by atoms with Crippen molar-refractivity contribution in [3.8, 4) is 0 Å². The van der Waals surface area contributed by atoms with E-state index in [1.165, 1.54) is 0 Å². The molecule has 2 rings (SSSR count). The van der Waals surface area contributed by atoms with E-state index in [0.717, 1.165) is 38.9 Å². The molecule has 18 heavy (non-hydrogen) atoms. The number of hydrogen-bond donors (Lipinski definition) is 0. The second-order valence-electron chi connectivity index (χ2n) is 7.01. The monoisotopic (exact) mass is 269 g/mol. The third-order valence-corrected chi connectivity index (χ3v) is 5.50. The number of carbonyl (C=O) groups is 1. The van der Waals surface area contributed by atoms with Crippen molar-refractivity contribution >= 4 is 17.5 Å². The minimum absolute atomic E-state index is 0.288. The summed E-state index contributed by atoms with van der Waals surface area (Å²) in [6.45, 7) is 12.5. The fourth-order valence-electron chi connectivity index (χ4n) is 3.46. The van der Waals surface area contributed by atoms with Gasteiger partial charge in [0.25, 0.3) is 0 Å². The molecule has 0 N–H and O–H groups in total. The molecule has 1 aliphatic heterocycles. The van der Waals surface area contributed by atoms with Crippen molar-refractivity contribution in [2.75, 3.05) is 19.6 Å². The Morgan fingerprint density at radius 3 is 2.50 bits per heavy atom. The van der Waals surface area contributed by atoms with E-state index in [-0.39, 0.29) is 5.92 Å². The zero-order valence-corrected chi connectivity index (χ0v) is 13.1. The van der Waals surface area contributed by atoms with Crippen LogP contribution in [0.15, 0.2) is 0 Å². The summed E-state index contributed by atoms with van der Waals surface area (Å²) in [5.41, 5.74) is 0.361. The molecule has 2 aliphatic rings. The Hall–Kier alpha value is -0.0200. The Morgan fingerprint density at radius 2 is 1.89 bits per heavy atom. The summed E-state index contributed by atoms with van der Waals surface area (Å²) in [7, 11) is 0. The first kappa shape index (κ1) is 14.4. The van der Waals surface area contributed by atoms with Gasteiger partial charge in [-0.2, -0.15) is 11.8 Å². The van der Waals surface area contributed by atoms with Crippen molar-refractivity contribution in [3.05, 3.63) is 0 Å². The summed E-state index contributed by atoms with van der Waals surface area (Å²) in [5.74, 6) is 0.795. The molecule has 3 heteroatoms. The molecule has 3 unspecified atom stereocenters. The van der Waals surface area contributed by atoms with Crippen molar-refractivity contribution in [3.63, 3.8) is 0 Å². The number of hydrogen-bond acceptors (Lipinski definition) is 3. The number of Topliss-reactive ketones (excluding diaryl/α,β-unsaturated/α-hetero) is 1. The summed E-state index contributed by atoms with van der Waals surface area (Å²) in [6, 6.07) is 0. The van der Waals surface area contributed by atoms with Gasteiger partial charge < -0.3 is 4.90 Å². The van der Waals surface area contributed by atoms with Crippen LogP contribution in [-0.4, -0.2) is 40.8 Å². The summed E-state index contributed by atoms with van der Waals surface area (Å²) in [6.07, 6.45) is 2.95. The van der Waals surface area contributed by atoms with E-state index >= 15 is 0 Å². The largest absolute Gasteiger partial charge is 0.300 e. The van der Waals surface area contributed by atoms with E-state index in [9.17, 15) is 4.79 Å². The van der Waals surface area contributed by atoms with Crippen LogP contribution in [0.5, 0.6) is 0 Å². The average Bonchev–Trinajstić information content (AvgIpc) is 2.22. The fraction of sp³-hybridized carbons (Fsp3) is 0.933. The van der Waals surface area contributed by atoms with Crippen LogP contribution in [0.1, 0.15) is 47.0 Å². The molecular weight excluding hydrogens is 242 g/mol. The lowest BCUT2D eigenvalue weighted by molar-refractivity contribution is -0.127. The van der Waals surface area contributed by atoms with Gasteiger partial charge in [-0.15, -0.1) is 0 Å². The highest BCUT2D eigenvalue weighted by Crippen LogP contribution is 2.37. The van der Waals surface area contributed by atoms with Crippen LogP contribution in [0, 0.1) is 11.3 Å². The minimum atomic E-state index is 0.288. The lowest BCUT2D eigenvalue weighted by atomic mass is 9.71. The average molecular weight is 269 g/mol. The van der Waals surface area contributed by atoms with Crippen LogP contribution in [0.25, 0.3) is 0 Å². The summed E-state index contributed by atoms with van der Waals surface area (Å²) in [5, 5.41) is 1.42.